The van der Waals surface area contributed by atoms with Crippen LogP contribution in [0.1, 0.15) is 22.8 Å². The number of anilines is 1. The number of fused-ring (bicyclic) bond motifs is 1. The smallest absolute Gasteiger partial charge is 0.410 e. The molecule has 0 bridgehead atoms. The number of aliphatic hydroxyl groups excluding tert-OH is 1. The Morgan fingerprint density at radius 3 is 2.65 bits per heavy atom. The molecule has 2 aromatic heterocycles. The van der Waals surface area contributed by atoms with E-state index < -0.39 is 12.3 Å². The van der Waals surface area contributed by atoms with E-state index in [4.69, 9.17) is 23.2 Å². The van der Waals surface area contributed by atoms with Crippen LogP contribution in [0.25, 0.3) is 10.9 Å². The second-order valence-electron chi connectivity index (χ2n) is 7.31. The molecule has 7 nitrogen and oxygen atoms in total. The van der Waals surface area contributed by atoms with E-state index in [1.54, 1.807) is 36.5 Å². The van der Waals surface area contributed by atoms with Crippen molar-refractivity contribution in [1.29, 1.82) is 0 Å². The highest BCUT2D eigenvalue weighted by Gasteiger charge is 2.33. The lowest BCUT2D eigenvalue weighted by Gasteiger charge is -2.24. The van der Waals surface area contributed by atoms with Crippen molar-refractivity contribution in [3.63, 3.8) is 0 Å². The summed E-state index contributed by atoms with van der Waals surface area (Å²) in [5, 5.41) is 10.0. The standard InChI is InChI=1S/C22H17Cl2F3N4O3/c23-19-18(20(24)29-12-28-19)21(33)31(8-9-32)15-4-5-17-13(10-15)6-7-30(17)14-2-1-3-16(11-14)34-22(25,26)27/h1-7,10,12,14,32H,8-9,11H2. The Labute approximate surface area is 201 Å². The Morgan fingerprint density at radius 1 is 1.24 bits per heavy atom. The highest BCUT2D eigenvalue weighted by atomic mass is 35.5. The first kappa shape index (κ1) is 24.1. The van der Waals surface area contributed by atoms with E-state index in [9.17, 15) is 23.1 Å². The van der Waals surface area contributed by atoms with Crippen LogP contribution in [0.4, 0.5) is 18.9 Å². The second kappa shape index (κ2) is 9.65. The van der Waals surface area contributed by atoms with Crippen LogP contribution in [0.2, 0.25) is 10.3 Å². The van der Waals surface area contributed by atoms with Gasteiger partial charge >= 0.3 is 6.36 Å². The molecule has 0 aliphatic heterocycles. The summed E-state index contributed by atoms with van der Waals surface area (Å²) in [4.78, 5) is 22.0. The van der Waals surface area contributed by atoms with E-state index in [0.717, 1.165) is 17.2 Å². The number of amides is 1. The average molecular weight is 513 g/mol. The van der Waals surface area contributed by atoms with Gasteiger partial charge in [-0.25, -0.2) is 9.97 Å². The summed E-state index contributed by atoms with van der Waals surface area (Å²) >= 11 is 12.1. The number of hydrogen-bond donors (Lipinski definition) is 1. The van der Waals surface area contributed by atoms with Gasteiger partial charge in [-0.1, -0.05) is 35.4 Å². The number of carbonyl (C=O) groups is 1. The number of ether oxygens (including phenoxy) is 1. The van der Waals surface area contributed by atoms with Crippen LogP contribution >= 0.6 is 23.2 Å². The summed E-state index contributed by atoms with van der Waals surface area (Å²) in [6, 6.07) is 6.51. The quantitative estimate of drug-likeness (QED) is 0.453. The number of benzene rings is 1. The summed E-state index contributed by atoms with van der Waals surface area (Å²) in [5.74, 6) is -0.769. The van der Waals surface area contributed by atoms with Gasteiger partial charge < -0.3 is 19.3 Å². The Balaban J connectivity index is 1.64. The highest BCUT2D eigenvalue weighted by molar-refractivity contribution is 6.39. The van der Waals surface area contributed by atoms with Gasteiger partial charge in [-0.3, -0.25) is 4.79 Å². The third-order valence-electron chi connectivity index (χ3n) is 5.18. The van der Waals surface area contributed by atoms with Gasteiger partial charge in [0.2, 0.25) is 0 Å². The lowest BCUT2D eigenvalue weighted by molar-refractivity contribution is -0.306. The number of hydrogen-bond acceptors (Lipinski definition) is 5. The zero-order valence-electron chi connectivity index (χ0n) is 17.3. The van der Waals surface area contributed by atoms with Crippen molar-refractivity contribution in [3.8, 4) is 0 Å². The van der Waals surface area contributed by atoms with Gasteiger partial charge in [0.25, 0.3) is 5.91 Å². The van der Waals surface area contributed by atoms with Gasteiger partial charge in [0.05, 0.1) is 12.6 Å². The van der Waals surface area contributed by atoms with Crippen molar-refractivity contribution < 1.29 is 27.8 Å². The Kier molecular flexibility index (Phi) is 6.83. The molecule has 1 aromatic carbocycles. The minimum atomic E-state index is -4.76. The average Bonchev–Trinajstić information content (AvgIpc) is 3.19. The van der Waals surface area contributed by atoms with E-state index in [1.807, 2.05) is 4.57 Å². The molecule has 12 heteroatoms. The van der Waals surface area contributed by atoms with Crippen LogP contribution in [-0.2, 0) is 4.74 Å². The van der Waals surface area contributed by atoms with Gasteiger partial charge in [-0.2, -0.15) is 0 Å². The van der Waals surface area contributed by atoms with Crippen LogP contribution in [0.15, 0.2) is 60.8 Å². The number of rotatable bonds is 6. The lowest BCUT2D eigenvalue weighted by atomic mass is 10.1. The minimum absolute atomic E-state index is 0.0294. The number of carbonyl (C=O) groups excluding carboxylic acids is 1. The Bertz CT molecular complexity index is 1270. The summed E-state index contributed by atoms with van der Waals surface area (Å²) in [6.45, 7) is -0.365. The third kappa shape index (κ3) is 5.03. The summed E-state index contributed by atoms with van der Waals surface area (Å²) in [7, 11) is 0. The minimum Gasteiger partial charge on any atom is -0.410 e. The first-order valence-corrected chi connectivity index (χ1v) is 10.8. The molecule has 1 aliphatic rings. The lowest BCUT2D eigenvalue weighted by Crippen LogP contribution is -2.34. The maximum Gasteiger partial charge on any atom is 0.572 e. The molecule has 1 unspecified atom stereocenters. The third-order valence-corrected chi connectivity index (χ3v) is 5.76. The van der Waals surface area contributed by atoms with E-state index in [0.29, 0.717) is 5.69 Å². The molecule has 1 atom stereocenters. The predicted octanol–water partition coefficient (Wildman–Crippen LogP) is 5.30. The van der Waals surface area contributed by atoms with Gasteiger partial charge in [-0.05, 0) is 30.3 Å². The first-order chi connectivity index (χ1) is 16.2. The monoisotopic (exact) mass is 512 g/mol. The summed E-state index contributed by atoms with van der Waals surface area (Å²) < 4.78 is 43.7. The Morgan fingerprint density at radius 2 is 1.97 bits per heavy atom. The molecular weight excluding hydrogens is 496 g/mol. The molecule has 1 amide bonds. The van der Waals surface area contributed by atoms with Crippen molar-refractivity contribution in [2.24, 2.45) is 0 Å². The van der Waals surface area contributed by atoms with Crippen LogP contribution in [-0.4, -0.2) is 45.1 Å². The fourth-order valence-corrected chi connectivity index (χ4v) is 4.24. The number of allylic oxidation sites excluding steroid dienone is 4. The van der Waals surface area contributed by atoms with E-state index >= 15 is 0 Å². The van der Waals surface area contributed by atoms with Gasteiger partial charge in [-0.15, -0.1) is 13.2 Å². The zero-order chi connectivity index (χ0) is 24.5. The molecule has 178 valence electrons. The number of alkyl halides is 3. The first-order valence-electron chi connectivity index (χ1n) is 10.0. The van der Waals surface area contributed by atoms with Crippen molar-refractivity contribution in [1.82, 2.24) is 14.5 Å². The van der Waals surface area contributed by atoms with Gasteiger partial charge in [0.1, 0.15) is 28.0 Å². The summed E-state index contributed by atoms with van der Waals surface area (Å²) in [6.07, 6.45) is 2.73. The highest BCUT2D eigenvalue weighted by Crippen LogP contribution is 2.34. The van der Waals surface area contributed by atoms with Crippen molar-refractivity contribution in [2.75, 3.05) is 18.1 Å². The topological polar surface area (TPSA) is 80.5 Å². The molecule has 0 fully saturated rings. The van der Waals surface area contributed by atoms with Crippen LogP contribution < -0.4 is 4.90 Å². The number of aromatic nitrogens is 3. The number of nitrogens with zero attached hydrogens (tertiary/aromatic N) is 4. The van der Waals surface area contributed by atoms with E-state index in [2.05, 4.69) is 14.7 Å². The molecule has 3 aromatic rings. The fourth-order valence-electron chi connectivity index (χ4n) is 3.76. The van der Waals surface area contributed by atoms with Crippen LogP contribution in [0.5, 0.6) is 0 Å². The second-order valence-corrected chi connectivity index (χ2v) is 8.03. The van der Waals surface area contributed by atoms with Crippen LogP contribution in [0.3, 0.4) is 0 Å². The molecule has 0 saturated heterocycles. The van der Waals surface area contributed by atoms with Gasteiger partial charge in [0, 0.05) is 35.8 Å². The van der Waals surface area contributed by atoms with Crippen molar-refractivity contribution >= 4 is 45.7 Å². The van der Waals surface area contributed by atoms with Gasteiger partial charge in [0.15, 0.2) is 0 Å². The largest absolute Gasteiger partial charge is 0.572 e. The molecule has 0 saturated carbocycles. The van der Waals surface area contributed by atoms with E-state index in [1.165, 1.54) is 17.1 Å². The molecule has 2 heterocycles. The molecule has 0 spiro atoms. The fraction of sp³-hybridized carbons (Fsp3) is 0.227. The normalized spacial score (nSPS) is 15.9. The Hall–Kier alpha value is -3.08. The van der Waals surface area contributed by atoms with Crippen LogP contribution in [0, 0.1) is 0 Å². The molecule has 1 N–H and O–H groups in total. The van der Waals surface area contributed by atoms with Crippen molar-refractivity contribution in [3.05, 3.63) is 76.6 Å². The molecule has 1 aliphatic carbocycles. The maximum absolute atomic E-state index is 13.2. The van der Waals surface area contributed by atoms with E-state index in [-0.39, 0.29) is 47.2 Å². The zero-order valence-corrected chi connectivity index (χ0v) is 18.8. The molecule has 0 radical (unpaired) electrons. The molecular formula is C22H17Cl2F3N4O3. The van der Waals surface area contributed by atoms with Crippen molar-refractivity contribution in [2.45, 2.75) is 18.8 Å². The summed E-state index contributed by atoms with van der Waals surface area (Å²) in [5.41, 5.74) is 1.11. The maximum atomic E-state index is 13.2. The molecule has 4 rings (SSSR count). The molecule has 34 heavy (non-hydrogen) atoms. The predicted molar refractivity (Wildman–Crippen MR) is 121 cm³/mol. The SMILES string of the molecule is O=C(c1c(Cl)ncnc1Cl)N(CCO)c1ccc2c(ccn2C2C=CC=C(OC(F)(F)F)C2)c1. The number of halogens is 5. The number of aliphatic hydroxyl groups is 1.